The first-order valence-electron chi connectivity index (χ1n) is 6.83. The normalized spacial score (nSPS) is 20.5. The highest BCUT2D eigenvalue weighted by molar-refractivity contribution is 5.30. The quantitative estimate of drug-likeness (QED) is 0.842. The highest BCUT2D eigenvalue weighted by Gasteiger charge is 2.34. The molecule has 1 aliphatic carbocycles. The molecule has 0 heterocycles. The van der Waals surface area contributed by atoms with Gasteiger partial charge in [0.2, 0.25) is 0 Å². The van der Waals surface area contributed by atoms with E-state index in [9.17, 15) is 0 Å². The van der Waals surface area contributed by atoms with Crippen LogP contribution in [0.1, 0.15) is 49.3 Å². The Bertz CT molecular complexity index is 389. The number of rotatable bonds is 3. The Morgan fingerprint density at radius 1 is 1.18 bits per heavy atom. The van der Waals surface area contributed by atoms with Gasteiger partial charge in [0.1, 0.15) is 0 Å². The summed E-state index contributed by atoms with van der Waals surface area (Å²) in [5.41, 5.74) is 11.0. The summed E-state index contributed by atoms with van der Waals surface area (Å²) < 4.78 is 0. The van der Waals surface area contributed by atoms with Crippen LogP contribution in [0, 0.1) is 19.3 Å². The van der Waals surface area contributed by atoms with E-state index < -0.39 is 0 Å². The fraction of sp³-hybridized carbons (Fsp3) is 0.625. The molecular weight excluding hydrogens is 206 g/mol. The maximum absolute atomic E-state index is 6.43. The third-order valence-electron chi connectivity index (χ3n) is 4.67. The summed E-state index contributed by atoms with van der Waals surface area (Å²) in [6.45, 7) is 6.71. The van der Waals surface area contributed by atoms with Crippen LogP contribution in [0.15, 0.2) is 18.2 Å². The van der Waals surface area contributed by atoms with Crippen LogP contribution in [0.2, 0.25) is 0 Å². The SMILES string of the molecule is Cc1ccc(CC(N)C2(C)CCCC2)cc1C. The molecule has 1 aromatic rings. The lowest BCUT2D eigenvalue weighted by Gasteiger charge is -2.31. The first kappa shape index (κ1) is 12.6. The second-order valence-electron chi connectivity index (χ2n) is 6.09. The molecular formula is C16H25N. The Hall–Kier alpha value is -0.820. The zero-order valence-electron chi connectivity index (χ0n) is 11.4. The highest BCUT2D eigenvalue weighted by Crippen LogP contribution is 2.40. The van der Waals surface area contributed by atoms with Gasteiger partial charge in [0.05, 0.1) is 0 Å². The molecule has 0 aliphatic heterocycles. The van der Waals surface area contributed by atoms with Gasteiger partial charge in [-0.1, -0.05) is 38.0 Å². The molecule has 1 nitrogen and oxygen atoms in total. The molecule has 1 aromatic carbocycles. The van der Waals surface area contributed by atoms with Crippen molar-refractivity contribution in [3.63, 3.8) is 0 Å². The van der Waals surface area contributed by atoms with Gasteiger partial charge in [-0.15, -0.1) is 0 Å². The molecule has 1 atom stereocenters. The highest BCUT2D eigenvalue weighted by atomic mass is 14.7. The number of hydrogen-bond acceptors (Lipinski definition) is 1. The average molecular weight is 231 g/mol. The van der Waals surface area contributed by atoms with E-state index in [1.54, 1.807) is 0 Å². The molecule has 0 spiro atoms. The minimum Gasteiger partial charge on any atom is -0.327 e. The summed E-state index contributed by atoms with van der Waals surface area (Å²) in [6.07, 6.45) is 6.35. The molecule has 0 bridgehead atoms. The lowest BCUT2D eigenvalue weighted by atomic mass is 9.78. The van der Waals surface area contributed by atoms with Gasteiger partial charge in [-0.25, -0.2) is 0 Å². The van der Waals surface area contributed by atoms with E-state index in [0.717, 1.165) is 6.42 Å². The summed E-state index contributed by atoms with van der Waals surface area (Å²) in [7, 11) is 0. The standard InChI is InChI=1S/C16H25N/c1-12-6-7-14(10-13(12)2)11-15(17)16(3)8-4-5-9-16/h6-7,10,15H,4-5,8-9,11,17H2,1-3H3. The predicted molar refractivity (Wildman–Crippen MR) is 74.2 cm³/mol. The predicted octanol–water partition coefficient (Wildman–Crippen LogP) is 3.75. The molecule has 17 heavy (non-hydrogen) atoms. The summed E-state index contributed by atoms with van der Waals surface area (Å²) in [4.78, 5) is 0. The van der Waals surface area contributed by atoms with Crippen molar-refractivity contribution < 1.29 is 0 Å². The minimum absolute atomic E-state index is 0.312. The summed E-state index contributed by atoms with van der Waals surface area (Å²) in [5.74, 6) is 0. The molecule has 1 fully saturated rings. The monoisotopic (exact) mass is 231 g/mol. The van der Waals surface area contributed by atoms with Crippen molar-refractivity contribution in [2.75, 3.05) is 0 Å². The van der Waals surface area contributed by atoms with Crippen molar-refractivity contribution in [2.45, 2.75) is 58.9 Å². The zero-order valence-corrected chi connectivity index (χ0v) is 11.4. The fourth-order valence-electron chi connectivity index (χ4n) is 2.98. The van der Waals surface area contributed by atoms with Gasteiger partial charge in [0.15, 0.2) is 0 Å². The first-order chi connectivity index (χ1) is 8.01. The second-order valence-corrected chi connectivity index (χ2v) is 6.09. The van der Waals surface area contributed by atoms with E-state index in [2.05, 4.69) is 39.0 Å². The molecule has 1 unspecified atom stereocenters. The van der Waals surface area contributed by atoms with Crippen LogP contribution >= 0.6 is 0 Å². The van der Waals surface area contributed by atoms with Crippen LogP contribution in [0.25, 0.3) is 0 Å². The van der Waals surface area contributed by atoms with Crippen LogP contribution in [-0.4, -0.2) is 6.04 Å². The van der Waals surface area contributed by atoms with Gasteiger partial charge in [-0.3, -0.25) is 0 Å². The molecule has 94 valence electrons. The number of aryl methyl sites for hydroxylation is 2. The molecule has 0 amide bonds. The fourth-order valence-corrected chi connectivity index (χ4v) is 2.98. The summed E-state index contributed by atoms with van der Waals surface area (Å²) >= 11 is 0. The van der Waals surface area contributed by atoms with Gasteiger partial charge in [0.25, 0.3) is 0 Å². The second kappa shape index (κ2) is 4.81. The van der Waals surface area contributed by atoms with E-state index in [0.29, 0.717) is 11.5 Å². The molecule has 2 rings (SSSR count). The van der Waals surface area contributed by atoms with Gasteiger partial charge in [0, 0.05) is 6.04 Å². The maximum Gasteiger partial charge on any atom is 0.0133 e. The molecule has 2 N–H and O–H groups in total. The smallest absolute Gasteiger partial charge is 0.0133 e. The largest absolute Gasteiger partial charge is 0.327 e. The Balaban J connectivity index is 2.07. The molecule has 1 heteroatoms. The van der Waals surface area contributed by atoms with Crippen molar-refractivity contribution in [3.05, 3.63) is 34.9 Å². The van der Waals surface area contributed by atoms with Gasteiger partial charge in [-0.2, -0.15) is 0 Å². The van der Waals surface area contributed by atoms with Crippen LogP contribution in [0.4, 0.5) is 0 Å². The Kier molecular flexibility index (Phi) is 3.58. The summed E-state index contributed by atoms with van der Waals surface area (Å²) in [5, 5.41) is 0. The zero-order chi connectivity index (χ0) is 12.5. The number of hydrogen-bond donors (Lipinski definition) is 1. The Morgan fingerprint density at radius 3 is 2.41 bits per heavy atom. The van der Waals surface area contributed by atoms with E-state index >= 15 is 0 Å². The van der Waals surface area contributed by atoms with E-state index in [-0.39, 0.29) is 0 Å². The number of benzene rings is 1. The lowest BCUT2D eigenvalue weighted by molar-refractivity contribution is 0.260. The van der Waals surface area contributed by atoms with Crippen molar-refractivity contribution in [1.29, 1.82) is 0 Å². The van der Waals surface area contributed by atoms with Gasteiger partial charge in [-0.05, 0) is 55.2 Å². The molecule has 1 aliphatic rings. The number of nitrogens with two attached hydrogens (primary N) is 1. The topological polar surface area (TPSA) is 26.0 Å². The molecule has 0 aromatic heterocycles. The Labute approximate surface area is 105 Å². The van der Waals surface area contributed by atoms with Gasteiger partial charge < -0.3 is 5.73 Å². The molecule has 0 radical (unpaired) electrons. The van der Waals surface area contributed by atoms with Crippen LogP contribution in [-0.2, 0) is 6.42 Å². The third kappa shape index (κ3) is 2.71. The van der Waals surface area contributed by atoms with Crippen LogP contribution in [0.5, 0.6) is 0 Å². The average Bonchev–Trinajstić information content (AvgIpc) is 2.72. The van der Waals surface area contributed by atoms with Crippen molar-refractivity contribution >= 4 is 0 Å². The van der Waals surface area contributed by atoms with Gasteiger partial charge >= 0.3 is 0 Å². The third-order valence-corrected chi connectivity index (χ3v) is 4.67. The van der Waals surface area contributed by atoms with Crippen molar-refractivity contribution in [1.82, 2.24) is 0 Å². The minimum atomic E-state index is 0.312. The Morgan fingerprint density at radius 2 is 1.82 bits per heavy atom. The van der Waals surface area contributed by atoms with Crippen LogP contribution in [0.3, 0.4) is 0 Å². The summed E-state index contributed by atoms with van der Waals surface area (Å²) in [6, 6.07) is 7.06. The van der Waals surface area contributed by atoms with Crippen molar-refractivity contribution in [2.24, 2.45) is 11.1 Å². The van der Waals surface area contributed by atoms with Crippen LogP contribution < -0.4 is 5.73 Å². The molecule has 0 saturated heterocycles. The maximum atomic E-state index is 6.43. The van der Waals surface area contributed by atoms with E-state index in [1.165, 1.54) is 42.4 Å². The molecule has 1 saturated carbocycles. The lowest BCUT2D eigenvalue weighted by Crippen LogP contribution is -2.39. The van der Waals surface area contributed by atoms with Crippen molar-refractivity contribution in [3.8, 4) is 0 Å². The van der Waals surface area contributed by atoms with E-state index in [4.69, 9.17) is 5.73 Å². The van der Waals surface area contributed by atoms with E-state index in [1.807, 2.05) is 0 Å². The first-order valence-corrected chi connectivity index (χ1v) is 6.83.